The largest absolute Gasteiger partial charge is 0.287 e. The summed E-state index contributed by atoms with van der Waals surface area (Å²) < 4.78 is 15.1. The van der Waals surface area contributed by atoms with Gasteiger partial charge in [-0.25, -0.2) is 4.39 Å². The van der Waals surface area contributed by atoms with Crippen LogP contribution < -0.4 is 4.57 Å². The minimum atomic E-state index is -0.467. The van der Waals surface area contributed by atoms with Gasteiger partial charge in [0.15, 0.2) is 12.4 Å². The van der Waals surface area contributed by atoms with Crippen molar-refractivity contribution in [2.24, 2.45) is 0 Å². The van der Waals surface area contributed by atoms with Gasteiger partial charge in [-0.3, -0.25) is 4.79 Å². The molecule has 0 atom stereocenters. The van der Waals surface area contributed by atoms with Crippen LogP contribution in [0.25, 0.3) is 0 Å². The first-order valence-corrected chi connectivity index (χ1v) is 5.40. The lowest BCUT2D eigenvalue weighted by atomic mass is 10.1. The zero-order valence-corrected chi connectivity index (χ0v) is 9.56. The van der Waals surface area contributed by atoms with Gasteiger partial charge in [0, 0.05) is 11.6 Å². The Morgan fingerprint density at radius 2 is 2.00 bits per heavy atom. The second kappa shape index (κ2) is 4.87. The molecule has 2 aromatic rings. The van der Waals surface area contributed by atoms with Gasteiger partial charge in [-0.05, 0) is 25.1 Å². The first kappa shape index (κ1) is 11.5. The van der Waals surface area contributed by atoms with Crippen molar-refractivity contribution in [1.29, 1.82) is 0 Å². The number of aryl methyl sites for hydroxylation is 1. The second-order valence-corrected chi connectivity index (χ2v) is 3.96. The smallest absolute Gasteiger partial charge is 0.230 e. The Hall–Kier alpha value is -2.03. The zero-order chi connectivity index (χ0) is 12.3. The summed E-state index contributed by atoms with van der Waals surface area (Å²) in [6.45, 7) is 2.10. The summed E-state index contributed by atoms with van der Waals surface area (Å²) in [6, 6.07) is 9.86. The van der Waals surface area contributed by atoms with E-state index in [0.717, 1.165) is 5.56 Å². The van der Waals surface area contributed by atoms with Crippen molar-refractivity contribution in [2.45, 2.75) is 13.5 Å². The molecule has 0 radical (unpaired) electrons. The number of carbonyl (C=O) groups excluding carboxylic acids is 1. The zero-order valence-electron chi connectivity index (χ0n) is 9.56. The highest BCUT2D eigenvalue weighted by Gasteiger charge is 2.15. The van der Waals surface area contributed by atoms with E-state index in [1.807, 2.05) is 25.3 Å². The van der Waals surface area contributed by atoms with Crippen LogP contribution in [-0.2, 0) is 6.54 Å². The molecule has 0 saturated carbocycles. The lowest BCUT2D eigenvalue weighted by molar-refractivity contribution is -0.683. The number of carbonyl (C=O) groups is 1. The molecule has 1 aromatic heterocycles. The molecule has 0 bridgehead atoms. The Kier molecular flexibility index (Phi) is 3.28. The van der Waals surface area contributed by atoms with Gasteiger partial charge in [-0.15, -0.1) is 0 Å². The summed E-state index contributed by atoms with van der Waals surface area (Å²) in [5.41, 5.74) is 1.20. The highest BCUT2D eigenvalue weighted by molar-refractivity contribution is 5.95. The normalized spacial score (nSPS) is 10.2. The van der Waals surface area contributed by atoms with E-state index in [1.165, 1.54) is 12.1 Å². The van der Waals surface area contributed by atoms with Crippen LogP contribution in [0.2, 0.25) is 0 Å². The molecule has 2 rings (SSSR count). The molecule has 86 valence electrons. The first-order valence-electron chi connectivity index (χ1n) is 5.40. The molecule has 0 N–H and O–H groups in total. The van der Waals surface area contributed by atoms with Crippen LogP contribution >= 0.6 is 0 Å². The van der Waals surface area contributed by atoms with Crippen LogP contribution in [0.4, 0.5) is 4.39 Å². The number of halogens is 1. The number of Topliss-reactive ketones (excluding diaryl/α,β-unsaturated/α-hetero) is 1. The van der Waals surface area contributed by atoms with Crippen molar-refractivity contribution in [1.82, 2.24) is 0 Å². The lowest BCUT2D eigenvalue weighted by Crippen LogP contribution is -2.37. The van der Waals surface area contributed by atoms with Crippen LogP contribution in [0.3, 0.4) is 0 Å². The third-order valence-corrected chi connectivity index (χ3v) is 2.51. The van der Waals surface area contributed by atoms with Crippen LogP contribution in [0.5, 0.6) is 0 Å². The molecule has 0 aliphatic rings. The third kappa shape index (κ3) is 2.75. The molecule has 0 aliphatic carbocycles. The number of hydrogen-bond donors (Lipinski definition) is 0. The van der Waals surface area contributed by atoms with Gasteiger partial charge in [0.05, 0.1) is 5.56 Å². The molecule has 0 spiro atoms. The van der Waals surface area contributed by atoms with E-state index in [4.69, 9.17) is 0 Å². The Balaban J connectivity index is 2.20. The van der Waals surface area contributed by atoms with Crippen LogP contribution in [0.1, 0.15) is 15.9 Å². The number of benzene rings is 1. The molecule has 0 saturated heterocycles. The van der Waals surface area contributed by atoms with Gasteiger partial charge in [0.2, 0.25) is 12.3 Å². The summed E-state index contributed by atoms with van der Waals surface area (Å²) in [4.78, 5) is 11.9. The molecule has 0 amide bonds. The summed E-state index contributed by atoms with van der Waals surface area (Å²) in [5, 5.41) is 0. The molecule has 0 aliphatic heterocycles. The highest BCUT2D eigenvalue weighted by Crippen LogP contribution is 2.07. The fourth-order valence-electron chi connectivity index (χ4n) is 1.69. The molecular formula is C14H13FNO+. The Bertz CT molecular complexity index is 551. The fraction of sp³-hybridized carbons (Fsp3) is 0.143. The summed E-state index contributed by atoms with van der Waals surface area (Å²) >= 11 is 0. The highest BCUT2D eigenvalue weighted by atomic mass is 19.1. The molecule has 0 fully saturated rings. The number of aromatic nitrogens is 1. The van der Waals surface area contributed by atoms with Crippen molar-refractivity contribution in [2.75, 3.05) is 0 Å². The standard InChI is InChI=1S/C14H13FNO/c1-11-5-4-8-16(9-11)10-14(17)12-6-2-3-7-13(12)15/h2-9H,10H2,1H3/q+1. The maximum atomic E-state index is 13.4. The van der Waals surface area contributed by atoms with E-state index in [9.17, 15) is 9.18 Å². The summed E-state index contributed by atoms with van der Waals surface area (Å²) in [6.07, 6.45) is 3.66. The van der Waals surface area contributed by atoms with Gasteiger partial charge in [0.25, 0.3) is 0 Å². The van der Waals surface area contributed by atoms with E-state index in [2.05, 4.69) is 0 Å². The van der Waals surface area contributed by atoms with Crippen LogP contribution in [-0.4, -0.2) is 5.78 Å². The molecule has 1 aromatic carbocycles. The number of pyridine rings is 1. The number of ketones is 1. The first-order chi connectivity index (χ1) is 8.16. The SMILES string of the molecule is Cc1ccc[n+](CC(=O)c2ccccc2F)c1. The van der Waals surface area contributed by atoms with E-state index in [-0.39, 0.29) is 17.9 Å². The van der Waals surface area contributed by atoms with Crippen molar-refractivity contribution in [3.05, 3.63) is 65.7 Å². The topological polar surface area (TPSA) is 20.9 Å². The van der Waals surface area contributed by atoms with Crippen molar-refractivity contribution in [3.8, 4) is 0 Å². The third-order valence-electron chi connectivity index (χ3n) is 2.51. The maximum absolute atomic E-state index is 13.4. The quantitative estimate of drug-likeness (QED) is 0.585. The molecule has 0 unspecified atom stereocenters. The van der Waals surface area contributed by atoms with Crippen molar-refractivity contribution >= 4 is 5.78 Å². The Labute approximate surface area is 99.3 Å². The van der Waals surface area contributed by atoms with Gasteiger partial charge in [-0.2, -0.15) is 4.57 Å². The lowest BCUT2D eigenvalue weighted by Gasteiger charge is -2.00. The predicted octanol–water partition coefficient (Wildman–Crippen LogP) is 2.30. The van der Waals surface area contributed by atoms with Gasteiger partial charge in [-0.1, -0.05) is 12.1 Å². The number of hydrogen-bond acceptors (Lipinski definition) is 1. The van der Waals surface area contributed by atoms with Gasteiger partial charge < -0.3 is 0 Å². The van der Waals surface area contributed by atoms with Crippen LogP contribution in [0.15, 0.2) is 48.8 Å². The number of nitrogens with zero attached hydrogens (tertiary/aromatic N) is 1. The minimum absolute atomic E-state index is 0.140. The molecule has 3 heteroatoms. The molecule has 1 heterocycles. The van der Waals surface area contributed by atoms with E-state index < -0.39 is 5.82 Å². The van der Waals surface area contributed by atoms with E-state index in [1.54, 1.807) is 22.9 Å². The average Bonchev–Trinajstić information content (AvgIpc) is 2.29. The van der Waals surface area contributed by atoms with Crippen molar-refractivity contribution in [3.63, 3.8) is 0 Å². The van der Waals surface area contributed by atoms with Crippen LogP contribution in [0, 0.1) is 12.7 Å². The summed E-state index contributed by atoms with van der Waals surface area (Å²) in [7, 11) is 0. The molecule has 2 nitrogen and oxygen atoms in total. The Morgan fingerprint density at radius 3 is 2.71 bits per heavy atom. The van der Waals surface area contributed by atoms with E-state index in [0.29, 0.717) is 0 Å². The maximum Gasteiger partial charge on any atom is 0.230 e. The van der Waals surface area contributed by atoms with Gasteiger partial charge in [0.1, 0.15) is 5.82 Å². The predicted molar refractivity (Wildman–Crippen MR) is 62.1 cm³/mol. The fourth-order valence-corrected chi connectivity index (χ4v) is 1.69. The summed E-state index contributed by atoms with van der Waals surface area (Å²) in [5.74, 6) is -0.690. The molecule has 17 heavy (non-hydrogen) atoms. The van der Waals surface area contributed by atoms with Gasteiger partial charge >= 0.3 is 0 Å². The van der Waals surface area contributed by atoms with Crippen molar-refractivity contribution < 1.29 is 13.8 Å². The molecular weight excluding hydrogens is 217 g/mol. The number of rotatable bonds is 3. The monoisotopic (exact) mass is 230 g/mol. The average molecular weight is 230 g/mol. The Morgan fingerprint density at radius 1 is 1.24 bits per heavy atom. The second-order valence-electron chi connectivity index (χ2n) is 3.96. The minimum Gasteiger partial charge on any atom is -0.287 e. The van der Waals surface area contributed by atoms with E-state index >= 15 is 0 Å².